The Morgan fingerprint density at radius 1 is 1.28 bits per heavy atom. The molecule has 3 rings (SSSR count). The number of benzene rings is 2. The van der Waals surface area contributed by atoms with E-state index < -0.39 is 6.10 Å². The van der Waals surface area contributed by atoms with Crippen molar-refractivity contribution < 1.29 is 9.53 Å². The van der Waals surface area contributed by atoms with Gasteiger partial charge in [-0.1, -0.05) is 6.07 Å². The molecule has 8 heteroatoms. The highest BCUT2D eigenvalue weighted by molar-refractivity contribution is 5.94. The van der Waals surface area contributed by atoms with Gasteiger partial charge in [-0.2, -0.15) is 5.26 Å². The van der Waals surface area contributed by atoms with Crippen LogP contribution in [0.5, 0.6) is 5.75 Å². The Kier molecular flexibility index (Phi) is 4.67. The second kappa shape index (κ2) is 7.23. The molecule has 0 bridgehead atoms. The highest BCUT2D eigenvalue weighted by atomic mass is 16.5. The van der Waals surface area contributed by atoms with Crippen molar-refractivity contribution in [3.05, 3.63) is 60.4 Å². The number of nitriles is 1. The molecule has 1 aromatic heterocycles. The molecule has 1 N–H and O–H groups in total. The van der Waals surface area contributed by atoms with Crippen molar-refractivity contribution in [2.24, 2.45) is 0 Å². The number of hydrogen-bond donors (Lipinski definition) is 1. The van der Waals surface area contributed by atoms with Crippen LogP contribution in [0.4, 0.5) is 5.69 Å². The maximum absolute atomic E-state index is 12.2. The Balaban J connectivity index is 1.62. The number of carbonyl (C=O) groups is 1. The first kappa shape index (κ1) is 16.1. The highest BCUT2D eigenvalue weighted by Gasteiger charge is 2.15. The first-order valence-electron chi connectivity index (χ1n) is 7.47. The van der Waals surface area contributed by atoms with E-state index in [1.807, 2.05) is 6.07 Å². The van der Waals surface area contributed by atoms with E-state index in [2.05, 4.69) is 20.8 Å². The quantitative estimate of drug-likeness (QED) is 0.764. The van der Waals surface area contributed by atoms with Crippen molar-refractivity contribution in [1.29, 1.82) is 5.26 Å². The zero-order chi connectivity index (χ0) is 17.6. The average molecular weight is 334 g/mol. The molecule has 1 amide bonds. The maximum Gasteiger partial charge on any atom is 0.265 e. The van der Waals surface area contributed by atoms with Crippen molar-refractivity contribution in [2.75, 3.05) is 5.32 Å². The van der Waals surface area contributed by atoms with Gasteiger partial charge in [0.05, 0.1) is 17.3 Å². The van der Waals surface area contributed by atoms with E-state index in [1.165, 1.54) is 11.0 Å². The molecule has 0 aliphatic rings. The normalized spacial score (nSPS) is 11.4. The van der Waals surface area contributed by atoms with Crippen LogP contribution in [0.25, 0.3) is 5.69 Å². The zero-order valence-corrected chi connectivity index (χ0v) is 13.3. The van der Waals surface area contributed by atoms with Crippen molar-refractivity contribution in [1.82, 2.24) is 20.2 Å². The lowest BCUT2D eigenvalue weighted by atomic mass is 10.2. The third kappa shape index (κ3) is 3.97. The fourth-order valence-electron chi connectivity index (χ4n) is 2.13. The molecule has 0 radical (unpaired) electrons. The van der Waals surface area contributed by atoms with Crippen LogP contribution < -0.4 is 10.1 Å². The number of aromatic nitrogens is 4. The summed E-state index contributed by atoms with van der Waals surface area (Å²) in [5, 5.41) is 22.6. The number of nitrogens with zero attached hydrogens (tertiary/aromatic N) is 5. The number of nitrogens with one attached hydrogen (secondary N) is 1. The van der Waals surface area contributed by atoms with E-state index in [1.54, 1.807) is 55.5 Å². The van der Waals surface area contributed by atoms with E-state index in [0.717, 1.165) is 5.69 Å². The van der Waals surface area contributed by atoms with Crippen LogP contribution >= 0.6 is 0 Å². The molecule has 8 nitrogen and oxygen atoms in total. The summed E-state index contributed by atoms with van der Waals surface area (Å²) in [6, 6.07) is 15.8. The van der Waals surface area contributed by atoms with Gasteiger partial charge in [0.2, 0.25) is 0 Å². The molecule has 0 saturated carbocycles. The van der Waals surface area contributed by atoms with Crippen LogP contribution in [0.1, 0.15) is 12.5 Å². The summed E-state index contributed by atoms with van der Waals surface area (Å²) >= 11 is 0. The topological polar surface area (TPSA) is 106 Å². The first-order chi connectivity index (χ1) is 12.2. The standard InChI is InChI=1S/C17H14N6O2/c1-12(17(24)20-14-4-2-3-13(9-14)10-18)25-16-7-5-15(6-8-16)23-11-19-21-22-23/h2-9,11-12H,1H3,(H,20,24)/t12-/m1/s1. The van der Waals surface area contributed by atoms with Gasteiger partial charge < -0.3 is 10.1 Å². The van der Waals surface area contributed by atoms with Crippen LogP contribution in [0, 0.1) is 11.3 Å². The Morgan fingerprint density at radius 2 is 2.08 bits per heavy atom. The third-order valence-corrected chi connectivity index (χ3v) is 3.39. The largest absolute Gasteiger partial charge is 0.481 e. The summed E-state index contributed by atoms with van der Waals surface area (Å²) in [7, 11) is 0. The van der Waals surface area contributed by atoms with Gasteiger partial charge in [-0.3, -0.25) is 4.79 Å². The number of hydrogen-bond acceptors (Lipinski definition) is 6. The van der Waals surface area contributed by atoms with Gasteiger partial charge in [0.15, 0.2) is 6.10 Å². The van der Waals surface area contributed by atoms with E-state index in [0.29, 0.717) is 17.0 Å². The fraction of sp³-hybridized carbons (Fsp3) is 0.118. The second-order valence-corrected chi connectivity index (χ2v) is 5.19. The Morgan fingerprint density at radius 3 is 2.76 bits per heavy atom. The number of carbonyl (C=O) groups excluding carboxylic acids is 1. The molecule has 0 saturated heterocycles. The summed E-state index contributed by atoms with van der Waals surface area (Å²) in [6.07, 6.45) is 0.783. The van der Waals surface area contributed by atoms with E-state index in [-0.39, 0.29) is 5.91 Å². The van der Waals surface area contributed by atoms with Crippen LogP contribution in [-0.2, 0) is 4.79 Å². The summed E-state index contributed by atoms with van der Waals surface area (Å²) in [6.45, 7) is 1.65. The van der Waals surface area contributed by atoms with Crippen LogP contribution in [0.15, 0.2) is 54.9 Å². The Hall–Kier alpha value is -3.73. The van der Waals surface area contributed by atoms with Crippen LogP contribution in [0.2, 0.25) is 0 Å². The van der Waals surface area contributed by atoms with Crippen LogP contribution in [-0.4, -0.2) is 32.2 Å². The number of ether oxygens (including phenoxy) is 1. The molecule has 0 spiro atoms. The van der Waals surface area contributed by atoms with Crippen LogP contribution in [0.3, 0.4) is 0 Å². The predicted molar refractivity (Wildman–Crippen MR) is 89.0 cm³/mol. The van der Waals surface area contributed by atoms with Gasteiger partial charge in [-0.05, 0) is 59.8 Å². The lowest BCUT2D eigenvalue weighted by Gasteiger charge is -2.15. The zero-order valence-electron chi connectivity index (χ0n) is 13.3. The summed E-state index contributed by atoms with van der Waals surface area (Å²) in [5.74, 6) is 0.241. The maximum atomic E-state index is 12.2. The van der Waals surface area contributed by atoms with Crippen molar-refractivity contribution in [2.45, 2.75) is 13.0 Å². The molecular formula is C17H14N6O2. The van der Waals surface area contributed by atoms with Gasteiger partial charge in [0.25, 0.3) is 5.91 Å². The highest BCUT2D eigenvalue weighted by Crippen LogP contribution is 2.17. The summed E-state index contributed by atoms with van der Waals surface area (Å²) < 4.78 is 7.16. The van der Waals surface area contributed by atoms with Gasteiger partial charge in [0, 0.05) is 5.69 Å². The second-order valence-electron chi connectivity index (χ2n) is 5.19. The SMILES string of the molecule is C[C@@H](Oc1ccc(-n2cnnn2)cc1)C(=O)Nc1cccc(C#N)c1. The van der Waals surface area contributed by atoms with Gasteiger partial charge >= 0.3 is 0 Å². The third-order valence-electron chi connectivity index (χ3n) is 3.39. The minimum Gasteiger partial charge on any atom is -0.481 e. The lowest BCUT2D eigenvalue weighted by molar-refractivity contribution is -0.122. The molecular weight excluding hydrogens is 320 g/mol. The smallest absolute Gasteiger partial charge is 0.265 e. The fourth-order valence-corrected chi connectivity index (χ4v) is 2.13. The van der Waals surface area contributed by atoms with E-state index in [4.69, 9.17) is 10.00 Å². The molecule has 1 atom stereocenters. The van der Waals surface area contributed by atoms with Crippen molar-refractivity contribution >= 4 is 11.6 Å². The molecule has 0 fully saturated rings. The van der Waals surface area contributed by atoms with E-state index in [9.17, 15) is 4.79 Å². The first-order valence-corrected chi connectivity index (χ1v) is 7.47. The molecule has 2 aromatic carbocycles. The molecule has 25 heavy (non-hydrogen) atoms. The Labute approximate surface area is 143 Å². The number of tetrazole rings is 1. The number of anilines is 1. The molecule has 0 aliphatic carbocycles. The molecule has 3 aromatic rings. The molecule has 1 heterocycles. The minimum atomic E-state index is -0.704. The van der Waals surface area contributed by atoms with Gasteiger partial charge in [-0.15, -0.1) is 5.10 Å². The number of amides is 1. The van der Waals surface area contributed by atoms with E-state index >= 15 is 0 Å². The molecule has 124 valence electrons. The van der Waals surface area contributed by atoms with Crippen molar-refractivity contribution in [3.63, 3.8) is 0 Å². The number of rotatable bonds is 5. The van der Waals surface area contributed by atoms with Gasteiger partial charge in [0.1, 0.15) is 12.1 Å². The van der Waals surface area contributed by atoms with Gasteiger partial charge in [-0.25, -0.2) is 4.68 Å². The summed E-state index contributed by atoms with van der Waals surface area (Å²) in [5.41, 5.74) is 1.81. The molecule has 0 unspecified atom stereocenters. The summed E-state index contributed by atoms with van der Waals surface area (Å²) in [4.78, 5) is 12.2. The monoisotopic (exact) mass is 334 g/mol. The Bertz CT molecular complexity index is 900. The van der Waals surface area contributed by atoms with Crippen molar-refractivity contribution in [3.8, 4) is 17.5 Å². The average Bonchev–Trinajstić information content (AvgIpc) is 3.17. The minimum absolute atomic E-state index is 0.306. The predicted octanol–water partition coefficient (Wildman–Crippen LogP) is 1.94. The lowest BCUT2D eigenvalue weighted by Crippen LogP contribution is -2.30. The molecule has 0 aliphatic heterocycles.